The summed E-state index contributed by atoms with van der Waals surface area (Å²) in [7, 11) is 0. The Labute approximate surface area is 110 Å². The lowest BCUT2D eigenvalue weighted by atomic mass is 10.1. The average Bonchev–Trinajstić information content (AvgIpc) is 2.34. The summed E-state index contributed by atoms with van der Waals surface area (Å²) < 4.78 is 11.1. The van der Waals surface area contributed by atoms with Crippen LogP contribution in [0, 0.1) is 5.92 Å². The molecule has 0 atom stereocenters. The van der Waals surface area contributed by atoms with Gasteiger partial charge in [-0.3, -0.25) is 0 Å². The van der Waals surface area contributed by atoms with Crippen molar-refractivity contribution < 1.29 is 9.47 Å². The standard InChI is InChI=1S/C15H25NO2/c1-13(2)7-9-17-10-11-18-15-5-3-4-14(12-15)6-8-16/h3-5,12-13H,6-11,16H2,1-2H3. The molecule has 0 saturated heterocycles. The lowest BCUT2D eigenvalue weighted by Crippen LogP contribution is -2.09. The Morgan fingerprint density at radius 2 is 2.00 bits per heavy atom. The SMILES string of the molecule is CC(C)CCOCCOc1cccc(CCN)c1. The fourth-order valence-electron chi connectivity index (χ4n) is 1.60. The summed E-state index contributed by atoms with van der Waals surface area (Å²) >= 11 is 0. The first-order valence-corrected chi connectivity index (χ1v) is 6.72. The molecule has 0 radical (unpaired) electrons. The first-order chi connectivity index (χ1) is 8.72. The molecule has 0 aliphatic heterocycles. The Balaban J connectivity index is 2.16. The Morgan fingerprint density at radius 3 is 2.72 bits per heavy atom. The van der Waals surface area contributed by atoms with Crippen molar-refractivity contribution >= 4 is 0 Å². The van der Waals surface area contributed by atoms with Gasteiger partial charge in [0.1, 0.15) is 12.4 Å². The number of benzene rings is 1. The highest BCUT2D eigenvalue weighted by molar-refractivity contribution is 5.28. The van der Waals surface area contributed by atoms with Crippen molar-refractivity contribution in [2.24, 2.45) is 11.7 Å². The Bertz CT molecular complexity index is 326. The highest BCUT2D eigenvalue weighted by Crippen LogP contribution is 2.13. The van der Waals surface area contributed by atoms with Crippen LogP contribution >= 0.6 is 0 Å². The van der Waals surface area contributed by atoms with E-state index in [1.165, 1.54) is 5.56 Å². The number of ether oxygens (including phenoxy) is 2. The number of hydrogen-bond acceptors (Lipinski definition) is 3. The lowest BCUT2D eigenvalue weighted by Gasteiger charge is -2.09. The largest absolute Gasteiger partial charge is 0.491 e. The molecule has 102 valence electrons. The van der Waals surface area contributed by atoms with E-state index in [1.807, 2.05) is 18.2 Å². The predicted octanol–water partition coefficient (Wildman–Crippen LogP) is 2.63. The average molecular weight is 251 g/mol. The summed E-state index contributed by atoms with van der Waals surface area (Å²) in [5.74, 6) is 1.59. The molecule has 3 nitrogen and oxygen atoms in total. The van der Waals surface area contributed by atoms with Crippen molar-refractivity contribution in [1.82, 2.24) is 0 Å². The molecule has 1 aromatic rings. The fraction of sp³-hybridized carbons (Fsp3) is 0.600. The van der Waals surface area contributed by atoms with Crippen molar-refractivity contribution in [3.63, 3.8) is 0 Å². The van der Waals surface area contributed by atoms with Crippen LogP contribution in [0.3, 0.4) is 0 Å². The van der Waals surface area contributed by atoms with Crippen molar-refractivity contribution in [2.75, 3.05) is 26.4 Å². The minimum atomic E-state index is 0.601. The molecule has 1 rings (SSSR count). The van der Waals surface area contributed by atoms with Gasteiger partial charge in [-0.05, 0) is 43.0 Å². The van der Waals surface area contributed by atoms with Gasteiger partial charge in [0.25, 0.3) is 0 Å². The van der Waals surface area contributed by atoms with E-state index in [0.717, 1.165) is 25.2 Å². The van der Waals surface area contributed by atoms with Crippen LogP contribution in [-0.2, 0) is 11.2 Å². The topological polar surface area (TPSA) is 44.5 Å². The zero-order valence-electron chi connectivity index (χ0n) is 11.5. The number of hydrogen-bond donors (Lipinski definition) is 1. The van der Waals surface area contributed by atoms with E-state index in [-0.39, 0.29) is 0 Å². The Hall–Kier alpha value is -1.06. The van der Waals surface area contributed by atoms with Crippen LogP contribution < -0.4 is 10.5 Å². The van der Waals surface area contributed by atoms with Crippen LogP contribution in [0.2, 0.25) is 0 Å². The second-order valence-corrected chi connectivity index (χ2v) is 4.83. The van der Waals surface area contributed by atoms with Crippen LogP contribution in [0.15, 0.2) is 24.3 Å². The quantitative estimate of drug-likeness (QED) is 0.686. The van der Waals surface area contributed by atoms with E-state index in [2.05, 4.69) is 19.9 Å². The van der Waals surface area contributed by atoms with Gasteiger partial charge in [-0.1, -0.05) is 26.0 Å². The maximum Gasteiger partial charge on any atom is 0.119 e. The highest BCUT2D eigenvalue weighted by atomic mass is 16.5. The van der Waals surface area contributed by atoms with Gasteiger partial charge in [0, 0.05) is 6.61 Å². The van der Waals surface area contributed by atoms with Crippen molar-refractivity contribution in [3.05, 3.63) is 29.8 Å². The fourth-order valence-corrected chi connectivity index (χ4v) is 1.60. The van der Waals surface area contributed by atoms with Crippen molar-refractivity contribution in [2.45, 2.75) is 26.7 Å². The molecule has 0 bridgehead atoms. The highest BCUT2D eigenvalue weighted by Gasteiger charge is 1.97. The molecule has 0 unspecified atom stereocenters. The zero-order valence-corrected chi connectivity index (χ0v) is 11.5. The van der Waals surface area contributed by atoms with E-state index in [9.17, 15) is 0 Å². The van der Waals surface area contributed by atoms with Crippen molar-refractivity contribution in [3.8, 4) is 5.75 Å². The third kappa shape index (κ3) is 6.62. The molecule has 0 fully saturated rings. The minimum Gasteiger partial charge on any atom is -0.491 e. The zero-order chi connectivity index (χ0) is 13.2. The van der Waals surface area contributed by atoms with Gasteiger partial charge in [0.15, 0.2) is 0 Å². The molecule has 0 aromatic heterocycles. The summed E-state index contributed by atoms with van der Waals surface area (Å²) in [6.07, 6.45) is 1.99. The van der Waals surface area contributed by atoms with Gasteiger partial charge in [-0.25, -0.2) is 0 Å². The summed E-state index contributed by atoms with van der Waals surface area (Å²) in [5.41, 5.74) is 6.75. The molecule has 0 heterocycles. The molecular weight excluding hydrogens is 226 g/mol. The molecule has 0 spiro atoms. The second-order valence-electron chi connectivity index (χ2n) is 4.83. The lowest BCUT2D eigenvalue weighted by molar-refractivity contribution is 0.0925. The third-order valence-corrected chi connectivity index (χ3v) is 2.67. The molecule has 0 aliphatic rings. The van der Waals surface area contributed by atoms with E-state index in [0.29, 0.717) is 25.7 Å². The van der Waals surface area contributed by atoms with Gasteiger partial charge in [0.2, 0.25) is 0 Å². The molecule has 0 amide bonds. The maximum atomic E-state index is 5.63. The monoisotopic (exact) mass is 251 g/mol. The summed E-state index contributed by atoms with van der Waals surface area (Å²) in [5, 5.41) is 0. The second kappa shape index (κ2) is 8.95. The molecule has 2 N–H and O–H groups in total. The third-order valence-electron chi connectivity index (χ3n) is 2.67. The van der Waals surface area contributed by atoms with Crippen LogP contribution in [-0.4, -0.2) is 26.4 Å². The molecule has 0 saturated carbocycles. The summed E-state index contributed by atoms with van der Waals surface area (Å²) in [6, 6.07) is 8.08. The van der Waals surface area contributed by atoms with Gasteiger partial charge >= 0.3 is 0 Å². The van der Waals surface area contributed by atoms with Crippen molar-refractivity contribution in [1.29, 1.82) is 0 Å². The Morgan fingerprint density at radius 1 is 1.17 bits per heavy atom. The normalized spacial score (nSPS) is 10.9. The molecule has 1 aromatic carbocycles. The summed E-state index contributed by atoms with van der Waals surface area (Å²) in [4.78, 5) is 0. The van der Waals surface area contributed by atoms with Crippen LogP contribution in [0.5, 0.6) is 5.75 Å². The molecule has 3 heteroatoms. The first kappa shape index (κ1) is 15.0. The first-order valence-electron chi connectivity index (χ1n) is 6.72. The van der Waals surface area contributed by atoms with Crippen LogP contribution in [0.4, 0.5) is 0 Å². The van der Waals surface area contributed by atoms with Gasteiger partial charge in [-0.2, -0.15) is 0 Å². The van der Waals surface area contributed by atoms with E-state index >= 15 is 0 Å². The van der Waals surface area contributed by atoms with Gasteiger partial charge in [0.05, 0.1) is 6.61 Å². The summed E-state index contributed by atoms with van der Waals surface area (Å²) in [6.45, 7) is 7.12. The van der Waals surface area contributed by atoms with E-state index in [1.54, 1.807) is 0 Å². The molecule has 18 heavy (non-hydrogen) atoms. The maximum absolute atomic E-state index is 5.63. The Kier molecular flexibility index (Phi) is 7.46. The van der Waals surface area contributed by atoms with E-state index in [4.69, 9.17) is 15.2 Å². The van der Waals surface area contributed by atoms with E-state index < -0.39 is 0 Å². The van der Waals surface area contributed by atoms with Crippen LogP contribution in [0.1, 0.15) is 25.8 Å². The molecular formula is C15H25NO2. The smallest absolute Gasteiger partial charge is 0.119 e. The van der Waals surface area contributed by atoms with Gasteiger partial charge in [-0.15, -0.1) is 0 Å². The van der Waals surface area contributed by atoms with Gasteiger partial charge < -0.3 is 15.2 Å². The minimum absolute atomic E-state index is 0.601. The number of rotatable bonds is 9. The molecule has 0 aliphatic carbocycles. The predicted molar refractivity (Wildman–Crippen MR) is 75.0 cm³/mol. The number of nitrogens with two attached hydrogens (primary N) is 1. The van der Waals surface area contributed by atoms with Crippen LogP contribution in [0.25, 0.3) is 0 Å².